The zero-order valence-corrected chi connectivity index (χ0v) is 8.86. The molecule has 3 atom stereocenters. The van der Waals surface area contributed by atoms with Crippen molar-refractivity contribution >= 4 is 18.5 Å². The van der Waals surface area contributed by atoms with Crippen LogP contribution in [0.1, 0.15) is 13.3 Å². The number of alkyl halides is 1. The molecule has 11 heavy (non-hydrogen) atoms. The number of rotatable bonds is 1. The summed E-state index contributed by atoms with van der Waals surface area (Å²) < 4.78 is 13.2. The molecule has 0 bridgehead atoms. The predicted molar refractivity (Wildman–Crippen MR) is 54.6 cm³/mol. The molecule has 0 N–H and O–H groups in total. The minimum absolute atomic E-state index is 0.190. The van der Waals surface area contributed by atoms with Crippen LogP contribution in [0, 0.1) is 0 Å². The van der Waals surface area contributed by atoms with E-state index in [4.69, 9.17) is 0 Å². The average molecular weight is 190 g/mol. The molecule has 0 aromatic carbocycles. The van der Waals surface area contributed by atoms with Gasteiger partial charge in [-0.3, -0.25) is 0 Å². The summed E-state index contributed by atoms with van der Waals surface area (Å²) in [5.74, 6) is 0. The fourth-order valence-corrected chi connectivity index (χ4v) is 1.67. The second-order valence-corrected chi connectivity index (χ2v) is 6.10. The van der Waals surface area contributed by atoms with Crippen molar-refractivity contribution in [3.05, 3.63) is 23.8 Å². The highest BCUT2D eigenvalue weighted by molar-refractivity contribution is 7.40. The van der Waals surface area contributed by atoms with Crippen molar-refractivity contribution < 1.29 is 4.39 Å². The Morgan fingerprint density at radius 3 is 2.64 bits per heavy atom. The second kappa shape index (κ2) is 3.33. The Bertz CT molecular complexity index is 201. The van der Waals surface area contributed by atoms with E-state index in [1.54, 1.807) is 0 Å². The summed E-state index contributed by atoms with van der Waals surface area (Å²) in [5, 5.41) is 0. The minimum Gasteiger partial charge on any atom is -0.242 e. The third-order valence-corrected chi connectivity index (χ3v) is 2.38. The maximum atomic E-state index is 13.2. The van der Waals surface area contributed by atoms with Crippen molar-refractivity contribution in [2.24, 2.45) is 0 Å². The first-order valence-corrected chi connectivity index (χ1v) is 4.76. The molecule has 3 heteroatoms. The maximum absolute atomic E-state index is 13.2. The van der Waals surface area contributed by atoms with Crippen LogP contribution in [0.3, 0.4) is 0 Å². The van der Waals surface area contributed by atoms with E-state index in [2.05, 4.69) is 18.5 Å². The fourth-order valence-electron chi connectivity index (χ4n) is 1.12. The Morgan fingerprint density at radius 2 is 2.27 bits per heavy atom. The van der Waals surface area contributed by atoms with Crippen molar-refractivity contribution in [2.75, 3.05) is 0 Å². The SMILES string of the molecule is CC(P)(P)C1=CC=CCC1F. The third kappa shape index (κ3) is 2.36. The smallest absolute Gasteiger partial charge is 0.126 e. The molecule has 0 saturated heterocycles. The molecule has 0 saturated carbocycles. The summed E-state index contributed by atoms with van der Waals surface area (Å²) in [6.45, 7) is 1.97. The second-order valence-electron chi connectivity index (χ2n) is 3.04. The molecule has 0 aromatic heterocycles. The van der Waals surface area contributed by atoms with Crippen molar-refractivity contribution in [1.29, 1.82) is 0 Å². The fraction of sp³-hybridized carbons (Fsp3) is 0.500. The molecule has 3 unspecified atom stereocenters. The molecule has 0 fully saturated rings. The van der Waals surface area contributed by atoms with Gasteiger partial charge in [0.05, 0.1) is 0 Å². The van der Waals surface area contributed by atoms with Gasteiger partial charge in [0.1, 0.15) is 6.17 Å². The molecular formula is C8H13FP2. The highest BCUT2D eigenvalue weighted by Gasteiger charge is 2.25. The van der Waals surface area contributed by atoms with Crippen molar-refractivity contribution in [3.63, 3.8) is 0 Å². The first kappa shape index (κ1) is 9.36. The van der Waals surface area contributed by atoms with Crippen LogP contribution in [-0.4, -0.2) is 11.1 Å². The molecule has 0 radical (unpaired) electrons. The maximum Gasteiger partial charge on any atom is 0.126 e. The average Bonchev–Trinajstić information content (AvgIpc) is 1.86. The van der Waals surface area contributed by atoms with Crippen LogP contribution in [0.25, 0.3) is 0 Å². The van der Waals surface area contributed by atoms with E-state index in [0.29, 0.717) is 6.42 Å². The van der Waals surface area contributed by atoms with E-state index in [-0.39, 0.29) is 4.90 Å². The minimum atomic E-state index is -0.806. The van der Waals surface area contributed by atoms with Crippen LogP contribution >= 0.6 is 18.5 Å². The molecule has 0 aromatic rings. The summed E-state index contributed by atoms with van der Waals surface area (Å²) in [5.41, 5.74) is 0.843. The summed E-state index contributed by atoms with van der Waals surface area (Å²) >= 11 is 0. The monoisotopic (exact) mass is 190 g/mol. The van der Waals surface area contributed by atoms with E-state index >= 15 is 0 Å². The molecule has 0 heterocycles. The van der Waals surface area contributed by atoms with Gasteiger partial charge in [-0.2, -0.15) is 0 Å². The van der Waals surface area contributed by atoms with Gasteiger partial charge in [-0.25, -0.2) is 4.39 Å². The van der Waals surface area contributed by atoms with Gasteiger partial charge in [0, 0.05) is 11.3 Å². The van der Waals surface area contributed by atoms with Crippen LogP contribution < -0.4 is 0 Å². The van der Waals surface area contributed by atoms with Gasteiger partial charge in [0.25, 0.3) is 0 Å². The number of halogens is 1. The lowest BCUT2D eigenvalue weighted by molar-refractivity contribution is 0.374. The lowest BCUT2D eigenvalue weighted by Crippen LogP contribution is -2.20. The molecule has 0 aliphatic heterocycles. The lowest BCUT2D eigenvalue weighted by Gasteiger charge is -2.26. The van der Waals surface area contributed by atoms with Gasteiger partial charge in [0.15, 0.2) is 0 Å². The first-order valence-electron chi connectivity index (χ1n) is 3.61. The molecule has 1 rings (SSSR count). The summed E-state index contributed by atoms with van der Waals surface area (Å²) in [7, 11) is 5.26. The normalized spacial score (nSPS) is 25.1. The highest BCUT2D eigenvalue weighted by atomic mass is 31.1. The Morgan fingerprint density at radius 1 is 1.64 bits per heavy atom. The zero-order chi connectivity index (χ0) is 8.48. The van der Waals surface area contributed by atoms with Crippen LogP contribution in [0.5, 0.6) is 0 Å². The Hall–Kier alpha value is 0.270. The summed E-state index contributed by atoms with van der Waals surface area (Å²) in [6, 6.07) is 0. The molecule has 1 aliphatic carbocycles. The summed E-state index contributed by atoms with van der Waals surface area (Å²) in [6.07, 6.45) is 5.34. The van der Waals surface area contributed by atoms with Crippen LogP contribution in [0.15, 0.2) is 23.8 Å². The predicted octanol–water partition coefficient (Wildman–Crippen LogP) is 2.68. The molecule has 0 spiro atoms. The highest BCUT2D eigenvalue weighted by Crippen LogP contribution is 2.39. The summed E-state index contributed by atoms with van der Waals surface area (Å²) in [4.78, 5) is -0.190. The van der Waals surface area contributed by atoms with Gasteiger partial charge < -0.3 is 0 Å². The van der Waals surface area contributed by atoms with Crippen molar-refractivity contribution in [2.45, 2.75) is 24.4 Å². The molecule has 0 amide bonds. The van der Waals surface area contributed by atoms with Gasteiger partial charge >= 0.3 is 0 Å². The largest absolute Gasteiger partial charge is 0.242 e. The Kier molecular flexibility index (Phi) is 2.84. The quantitative estimate of drug-likeness (QED) is 0.557. The molecular weight excluding hydrogens is 177 g/mol. The number of allylic oxidation sites excluding steroid dienone is 4. The van der Waals surface area contributed by atoms with Crippen molar-refractivity contribution in [1.82, 2.24) is 0 Å². The van der Waals surface area contributed by atoms with E-state index < -0.39 is 6.17 Å². The number of hydrogen-bond donors (Lipinski definition) is 0. The standard InChI is InChI=1S/C8H13FP2/c1-8(10,11)6-4-2-3-5-7(6)9/h2-4,7H,5,10-11H2,1H3. The third-order valence-electron chi connectivity index (χ3n) is 1.71. The van der Waals surface area contributed by atoms with E-state index in [9.17, 15) is 4.39 Å². The first-order chi connectivity index (χ1) is 5.02. The molecule has 0 nitrogen and oxygen atoms in total. The lowest BCUT2D eigenvalue weighted by atomic mass is 10.00. The molecule has 1 aliphatic rings. The van der Waals surface area contributed by atoms with E-state index in [1.807, 2.05) is 25.2 Å². The zero-order valence-electron chi connectivity index (χ0n) is 6.55. The topological polar surface area (TPSA) is 0 Å². The Balaban J connectivity index is 2.84. The van der Waals surface area contributed by atoms with Crippen LogP contribution in [-0.2, 0) is 0 Å². The van der Waals surface area contributed by atoms with Gasteiger partial charge in [-0.05, 0) is 12.5 Å². The van der Waals surface area contributed by atoms with Gasteiger partial charge in [-0.15, -0.1) is 18.5 Å². The van der Waals surface area contributed by atoms with E-state index in [1.165, 1.54) is 0 Å². The Labute approximate surface area is 71.7 Å². The van der Waals surface area contributed by atoms with E-state index in [0.717, 1.165) is 5.57 Å². The van der Waals surface area contributed by atoms with Crippen molar-refractivity contribution in [3.8, 4) is 0 Å². The number of hydrogen-bond acceptors (Lipinski definition) is 0. The van der Waals surface area contributed by atoms with Gasteiger partial charge in [0.2, 0.25) is 0 Å². The van der Waals surface area contributed by atoms with Crippen LogP contribution in [0.4, 0.5) is 4.39 Å². The van der Waals surface area contributed by atoms with Gasteiger partial charge in [-0.1, -0.05) is 18.2 Å². The van der Waals surface area contributed by atoms with Crippen LogP contribution in [0.2, 0.25) is 0 Å². The molecule has 62 valence electrons.